The number of fused-ring (bicyclic) bond motifs is 1. The third-order valence-electron chi connectivity index (χ3n) is 2.57. The Labute approximate surface area is 107 Å². The monoisotopic (exact) mass is 265 g/mol. The molecule has 6 heteroatoms. The van der Waals surface area contributed by atoms with Gasteiger partial charge in [0, 0.05) is 5.39 Å². The molecule has 5 nitrogen and oxygen atoms in total. The third kappa shape index (κ3) is 1.78. The van der Waals surface area contributed by atoms with E-state index in [1.165, 1.54) is 0 Å². The fourth-order valence-electron chi connectivity index (χ4n) is 1.74. The summed E-state index contributed by atoms with van der Waals surface area (Å²) >= 11 is 5.97. The molecular weight excluding hydrogens is 258 g/mol. The topological polar surface area (TPSA) is 87.5 Å². The standard InChI is InChI=1S/C12H8ClNO4/c1-5-3-2-4-6-8(13)7(11(15)16)10(12(17)18)14-9(5)6/h2-4H,1H3,(H,15,16)(H,17,18). The van der Waals surface area contributed by atoms with Gasteiger partial charge in [0.2, 0.25) is 0 Å². The van der Waals surface area contributed by atoms with Crippen LogP contribution in [0.5, 0.6) is 0 Å². The molecule has 0 fully saturated rings. The number of carboxylic acids is 2. The number of para-hydroxylation sites is 1. The molecule has 0 spiro atoms. The number of halogens is 1. The molecule has 0 saturated heterocycles. The van der Waals surface area contributed by atoms with E-state index in [1.54, 1.807) is 25.1 Å². The van der Waals surface area contributed by atoms with Crippen LogP contribution in [-0.4, -0.2) is 27.1 Å². The Morgan fingerprint density at radius 1 is 1.22 bits per heavy atom. The van der Waals surface area contributed by atoms with Crippen molar-refractivity contribution >= 4 is 34.4 Å². The van der Waals surface area contributed by atoms with Crippen molar-refractivity contribution in [1.82, 2.24) is 4.98 Å². The summed E-state index contributed by atoms with van der Waals surface area (Å²) in [4.78, 5) is 26.0. The van der Waals surface area contributed by atoms with E-state index in [0.717, 1.165) is 5.56 Å². The number of hydrogen-bond donors (Lipinski definition) is 2. The van der Waals surface area contributed by atoms with Crippen LogP contribution in [0.3, 0.4) is 0 Å². The van der Waals surface area contributed by atoms with Crippen LogP contribution >= 0.6 is 11.6 Å². The lowest BCUT2D eigenvalue weighted by Gasteiger charge is -2.09. The van der Waals surface area contributed by atoms with Gasteiger partial charge in [-0.2, -0.15) is 0 Å². The minimum Gasteiger partial charge on any atom is -0.478 e. The Morgan fingerprint density at radius 3 is 2.44 bits per heavy atom. The zero-order chi connectivity index (χ0) is 13.4. The van der Waals surface area contributed by atoms with Crippen LogP contribution < -0.4 is 0 Å². The second kappa shape index (κ2) is 4.27. The van der Waals surface area contributed by atoms with E-state index in [4.69, 9.17) is 21.8 Å². The highest BCUT2D eigenvalue weighted by molar-refractivity contribution is 6.39. The smallest absolute Gasteiger partial charge is 0.355 e. The Morgan fingerprint density at radius 2 is 1.89 bits per heavy atom. The fraction of sp³-hybridized carbons (Fsp3) is 0.0833. The number of aromatic carboxylic acids is 2. The summed E-state index contributed by atoms with van der Waals surface area (Å²) in [6.07, 6.45) is 0. The number of aromatic nitrogens is 1. The van der Waals surface area contributed by atoms with Crippen LogP contribution in [0.1, 0.15) is 26.4 Å². The number of hydrogen-bond acceptors (Lipinski definition) is 3. The molecule has 1 heterocycles. The lowest BCUT2D eigenvalue weighted by atomic mass is 10.1. The van der Waals surface area contributed by atoms with E-state index in [-0.39, 0.29) is 5.02 Å². The molecule has 0 atom stereocenters. The van der Waals surface area contributed by atoms with Crippen molar-refractivity contribution in [3.8, 4) is 0 Å². The molecule has 18 heavy (non-hydrogen) atoms. The zero-order valence-electron chi connectivity index (χ0n) is 9.27. The van der Waals surface area contributed by atoms with Gasteiger partial charge in [0.15, 0.2) is 5.69 Å². The Hall–Kier alpha value is -2.14. The predicted octanol–water partition coefficient (Wildman–Crippen LogP) is 2.59. The average Bonchev–Trinajstić information content (AvgIpc) is 2.29. The maximum absolute atomic E-state index is 11.1. The highest BCUT2D eigenvalue weighted by Crippen LogP contribution is 2.29. The van der Waals surface area contributed by atoms with Gasteiger partial charge in [-0.1, -0.05) is 29.8 Å². The van der Waals surface area contributed by atoms with Gasteiger partial charge in [0.05, 0.1) is 10.5 Å². The van der Waals surface area contributed by atoms with Crippen molar-refractivity contribution in [3.05, 3.63) is 40.0 Å². The lowest BCUT2D eigenvalue weighted by molar-refractivity contribution is 0.0647. The number of rotatable bonds is 2. The van der Waals surface area contributed by atoms with Crippen LogP contribution in [0.4, 0.5) is 0 Å². The van der Waals surface area contributed by atoms with Crippen LogP contribution in [0, 0.1) is 6.92 Å². The molecule has 1 aromatic heterocycles. The van der Waals surface area contributed by atoms with E-state index in [1.807, 2.05) is 0 Å². The van der Waals surface area contributed by atoms with E-state index in [2.05, 4.69) is 4.98 Å². The molecule has 2 rings (SSSR count). The number of carbonyl (C=O) groups is 2. The van der Waals surface area contributed by atoms with Crippen molar-refractivity contribution < 1.29 is 19.8 Å². The summed E-state index contributed by atoms with van der Waals surface area (Å²) in [5.41, 5.74) is 0.0929. The normalized spacial score (nSPS) is 10.6. The van der Waals surface area contributed by atoms with E-state index in [9.17, 15) is 9.59 Å². The average molecular weight is 266 g/mol. The first-order valence-corrected chi connectivity index (χ1v) is 5.36. The molecule has 0 bridgehead atoms. The first kappa shape index (κ1) is 12.3. The van der Waals surface area contributed by atoms with Gasteiger partial charge in [-0.15, -0.1) is 0 Å². The molecule has 0 aliphatic heterocycles. The predicted molar refractivity (Wildman–Crippen MR) is 65.4 cm³/mol. The van der Waals surface area contributed by atoms with Crippen molar-refractivity contribution in [3.63, 3.8) is 0 Å². The van der Waals surface area contributed by atoms with Gasteiger partial charge in [0.1, 0.15) is 5.56 Å². The van der Waals surface area contributed by atoms with Crippen molar-refractivity contribution in [2.24, 2.45) is 0 Å². The minimum atomic E-state index is -1.42. The maximum Gasteiger partial charge on any atom is 0.355 e. The molecule has 92 valence electrons. The zero-order valence-corrected chi connectivity index (χ0v) is 10.0. The fourth-order valence-corrected chi connectivity index (χ4v) is 2.06. The van der Waals surface area contributed by atoms with E-state index >= 15 is 0 Å². The molecular formula is C12H8ClNO4. The highest BCUT2D eigenvalue weighted by atomic mass is 35.5. The minimum absolute atomic E-state index is 0.103. The van der Waals surface area contributed by atoms with Crippen molar-refractivity contribution in [2.45, 2.75) is 6.92 Å². The van der Waals surface area contributed by atoms with Gasteiger partial charge < -0.3 is 10.2 Å². The van der Waals surface area contributed by atoms with Gasteiger partial charge >= 0.3 is 11.9 Å². The summed E-state index contributed by atoms with van der Waals surface area (Å²) in [5, 5.41) is 18.4. The Bertz CT molecular complexity index is 681. The number of nitrogens with zero attached hydrogens (tertiary/aromatic N) is 1. The molecule has 2 N–H and O–H groups in total. The summed E-state index contributed by atoms with van der Waals surface area (Å²) in [6, 6.07) is 5.06. The molecule has 0 saturated carbocycles. The SMILES string of the molecule is Cc1cccc2c(Cl)c(C(=O)O)c(C(=O)O)nc12. The van der Waals surface area contributed by atoms with Gasteiger partial charge in [0.25, 0.3) is 0 Å². The van der Waals surface area contributed by atoms with Crippen LogP contribution in [0.15, 0.2) is 18.2 Å². The quantitative estimate of drug-likeness (QED) is 0.871. The second-order valence-corrected chi connectivity index (χ2v) is 4.11. The van der Waals surface area contributed by atoms with Crippen molar-refractivity contribution in [2.75, 3.05) is 0 Å². The van der Waals surface area contributed by atoms with Gasteiger partial charge in [-0.25, -0.2) is 14.6 Å². The van der Waals surface area contributed by atoms with Crippen LogP contribution in [0.2, 0.25) is 5.02 Å². The number of benzene rings is 1. The summed E-state index contributed by atoms with van der Waals surface area (Å²) in [7, 11) is 0. The first-order valence-electron chi connectivity index (χ1n) is 4.99. The molecule has 0 radical (unpaired) electrons. The Kier molecular flexibility index (Phi) is 2.92. The molecule has 0 unspecified atom stereocenters. The highest BCUT2D eigenvalue weighted by Gasteiger charge is 2.24. The van der Waals surface area contributed by atoms with E-state index in [0.29, 0.717) is 10.9 Å². The van der Waals surface area contributed by atoms with Gasteiger partial charge in [-0.3, -0.25) is 0 Å². The second-order valence-electron chi connectivity index (χ2n) is 3.73. The first-order chi connectivity index (χ1) is 8.43. The van der Waals surface area contributed by atoms with Crippen LogP contribution in [0.25, 0.3) is 10.9 Å². The van der Waals surface area contributed by atoms with Gasteiger partial charge in [-0.05, 0) is 12.5 Å². The third-order valence-corrected chi connectivity index (χ3v) is 2.96. The molecule has 1 aromatic carbocycles. The maximum atomic E-state index is 11.1. The number of pyridine rings is 1. The summed E-state index contributed by atoms with van der Waals surface area (Å²) in [5.74, 6) is -2.83. The van der Waals surface area contributed by atoms with Crippen molar-refractivity contribution in [1.29, 1.82) is 0 Å². The molecule has 0 aliphatic carbocycles. The Balaban J connectivity index is 2.99. The number of aryl methyl sites for hydroxylation is 1. The summed E-state index contributed by atoms with van der Waals surface area (Å²) < 4.78 is 0. The van der Waals surface area contributed by atoms with E-state index < -0.39 is 23.2 Å². The summed E-state index contributed by atoms with van der Waals surface area (Å²) in [6.45, 7) is 1.75. The molecule has 0 aliphatic rings. The molecule has 0 amide bonds. The molecule has 2 aromatic rings. The lowest BCUT2D eigenvalue weighted by Crippen LogP contribution is -2.12. The van der Waals surface area contributed by atoms with Crippen LogP contribution in [-0.2, 0) is 0 Å². The number of carboxylic acid groups (broad SMARTS) is 2. The largest absolute Gasteiger partial charge is 0.478 e.